The van der Waals surface area contributed by atoms with Gasteiger partial charge in [0.25, 0.3) is 5.91 Å². The summed E-state index contributed by atoms with van der Waals surface area (Å²) in [6.07, 6.45) is 3.58. The minimum atomic E-state index is -0.0368. The minimum Gasteiger partial charge on any atom is -0.484 e. The van der Waals surface area contributed by atoms with Crippen molar-refractivity contribution in [2.45, 2.75) is 0 Å². The van der Waals surface area contributed by atoms with Crippen molar-refractivity contribution in [2.24, 2.45) is 0 Å². The maximum Gasteiger partial charge on any atom is 0.260 e. The van der Waals surface area contributed by atoms with E-state index >= 15 is 0 Å². The molecule has 0 saturated carbocycles. The molecule has 1 aliphatic heterocycles. The van der Waals surface area contributed by atoms with Crippen molar-refractivity contribution in [3.05, 3.63) is 66.5 Å². The Balaban J connectivity index is 1.45. The average Bonchev–Trinajstić information content (AvgIpc) is 3.28. The molecule has 0 N–H and O–H groups in total. The van der Waals surface area contributed by atoms with E-state index in [9.17, 15) is 4.79 Å². The number of rotatable bonds is 5. The number of aromatic nitrogens is 2. The number of hydrogen-bond acceptors (Lipinski definition) is 5. The number of carbonyl (C=O) groups is 1. The molecule has 0 atom stereocenters. The number of amides is 1. The monoisotopic (exact) mass is 388 g/mol. The summed E-state index contributed by atoms with van der Waals surface area (Å²) in [5.41, 5.74) is 2.37. The molecule has 1 amide bonds. The Hall–Kier alpha value is -3.63. The summed E-state index contributed by atoms with van der Waals surface area (Å²) in [4.78, 5) is 18.4. The van der Waals surface area contributed by atoms with Crippen LogP contribution in [0.5, 0.6) is 5.75 Å². The maximum atomic E-state index is 12.2. The van der Waals surface area contributed by atoms with Gasteiger partial charge in [-0.2, -0.15) is 5.26 Å². The average molecular weight is 388 g/mol. The smallest absolute Gasteiger partial charge is 0.260 e. The Morgan fingerprint density at radius 3 is 2.72 bits per heavy atom. The first-order valence-corrected chi connectivity index (χ1v) is 9.37. The SMILES string of the molecule is N#Cc1cccc(-n2ccnc2-c2ccc(OCC(=O)N3CCOCC3)cc2)c1. The summed E-state index contributed by atoms with van der Waals surface area (Å²) in [6, 6.07) is 17.0. The van der Waals surface area contributed by atoms with Gasteiger partial charge < -0.3 is 14.4 Å². The van der Waals surface area contributed by atoms with Crippen LogP contribution in [0.3, 0.4) is 0 Å². The van der Waals surface area contributed by atoms with E-state index in [1.165, 1.54) is 0 Å². The van der Waals surface area contributed by atoms with Crippen LogP contribution in [0.4, 0.5) is 0 Å². The molecule has 0 spiro atoms. The van der Waals surface area contributed by atoms with Crippen molar-refractivity contribution in [1.82, 2.24) is 14.5 Å². The van der Waals surface area contributed by atoms with E-state index in [1.807, 2.05) is 53.2 Å². The summed E-state index contributed by atoms with van der Waals surface area (Å²) in [5.74, 6) is 1.35. The van der Waals surface area contributed by atoms with Crippen molar-refractivity contribution in [3.63, 3.8) is 0 Å². The second kappa shape index (κ2) is 8.59. The Bertz CT molecular complexity index is 1030. The molecule has 0 unspecified atom stereocenters. The molecule has 7 heteroatoms. The van der Waals surface area contributed by atoms with Gasteiger partial charge in [-0.3, -0.25) is 9.36 Å². The lowest BCUT2D eigenvalue weighted by Gasteiger charge is -2.26. The molecule has 1 saturated heterocycles. The van der Waals surface area contributed by atoms with Crippen molar-refractivity contribution in [1.29, 1.82) is 5.26 Å². The largest absolute Gasteiger partial charge is 0.484 e. The molecule has 146 valence electrons. The molecule has 0 bridgehead atoms. The number of hydrogen-bond donors (Lipinski definition) is 0. The first-order valence-electron chi connectivity index (χ1n) is 9.37. The highest BCUT2D eigenvalue weighted by Gasteiger charge is 2.17. The quantitative estimate of drug-likeness (QED) is 0.671. The van der Waals surface area contributed by atoms with Gasteiger partial charge in [-0.15, -0.1) is 0 Å². The predicted octanol–water partition coefficient (Wildman–Crippen LogP) is 2.65. The minimum absolute atomic E-state index is 0.00885. The molecule has 3 aromatic rings. The maximum absolute atomic E-state index is 12.2. The molecule has 29 heavy (non-hydrogen) atoms. The third-order valence-electron chi connectivity index (χ3n) is 4.73. The molecule has 0 aliphatic carbocycles. The fourth-order valence-corrected chi connectivity index (χ4v) is 3.20. The van der Waals surface area contributed by atoms with Crippen molar-refractivity contribution < 1.29 is 14.3 Å². The lowest BCUT2D eigenvalue weighted by Crippen LogP contribution is -2.42. The fraction of sp³-hybridized carbons (Fsp3) is 0.227. The lowest BCUT2D eigenvalue weighted by atomic mass is 10.2. The van der Waals surface area contributed by atoms with Crippen LogP contribution in [-0.4, -0.2) is 53.3 Å². The van der Waals surface area contributed by atoms with Gasteiger partial charge in [0.1, 0.15) is 11.6 Å². The number of carbonyl (C=O) groups excluding carboxylic acids is 1. The van der Waals surface area contributed by atoms with Crippen LogP contribution in [0.2, 0.25) is 0 Å². The summed E-state index contributed by atoms with van der Waals surface area (Å²) in [6.45, 7) is 2.37. The summed E-state index contributed by atoms with van der Waals surface area (Å²) in [5, 5.41) is 9.13. The fourth-order valence-electron chi connectivity index (χ4n) is 3.20. The van der Waals surface area contributed by atoms with Gasteiger partial charge in [-0.25, -0.2) is 4.98 Å². The van der Waals surface area contributed by atoms with E-state index in [-0.39, 0.29) is 12.5 Å². The van der Waals surface area contributed by atoms with E-state index in [4.69, 9.17) is 14.7 Å². The topological polar surface area (TPSA) is 80.4 Å². The molecule has 2 heterocycles. The molecule has 1 aromatic heterocycles. The van der Waals surface area contributed by atoms with Gasteiger partial charge in [0, 0.05) is 36.7 Å². The molecule has 0 radical (unpaired) electrons. The summed E-state index contributed by atoms with van der Waals surface area (Å²) < 4.78 is 12.8. The van der Waals surface area contributed by atoms with Gasteiger partial charge in [-0.05, 0) is 42.5 Å². The third-order valence-corrected chi connectivity index (χ3v) is 4.73. The van der Waals surface area contributed by atoms with E-state index in [0.29, 0.717) is 37.6 Å². The Morgan fingerprint density at radius 2 is 1.97 bits per heavy atom. The van der Waals surface area contributed by atoms with Crippen molar-refractivity contribution in [3.8, 4) is 28.9 Å². The van der Waals surface area contributed by atoms with Crippen LogP contribution in [0.25, 0.3) is 17.1 Å². The highest BCUT2D eigenvalue weighted by molar-refractivity contribution is 5.77. The molecule has 7 nitrogen and oxygen atoms in total. The third kappa shape index (κ3) is 4.28. The number of morpholine rings is 1. The predicted molar refractivity (Wildman–Crippen MR) is 107 cm³/mol. The number of nitriles is 1. The highest BCUT2D eigenvalue weighted by atomic mass is 16.5. The van der Waals surface area contributed by atoms with Crippen LogP contribution in [0.15, 0.2) is 60.9 Å². The number of nitrogens with zero attached hydrogens (tertiary/aromatic N) is 4. The van der Waals surface area contributed by atoms with E-state index < -0.39 is 0 Å². The van der Waals surface area contributed by atoms with Crippen LogP contribution in [0.1, 0.15) is 5.56 Å². The van der Waals surface area contributed by atoms with Crippen molar-refractivity contribution in [2.75, 3.05) is 32.9 Å². The first kappa shape index (κ1) is 18.7. The summed E-state index contributed by atoms with van der Waals surface area (Å²) >= 11 is 0. The number of imidazole rings is 1. The van der Waals surface area contributed by atoms with Crippen molar-refractivity contribution >= 4 is 5.91 Å². The zero-order chi connectivity index (χ0) is 20.1. The van der Waals surface area contributed by atoms with Gasteiger partial charge in [0.05, 0.1) is 24.8 Å². The van der Waals surface area contributed by atoms with Crippen LogP contribution >= 0.6 is 0 Å². The lowest BCUT2D eigenvalue weighted by molar-refractivity contribution is -0.137. The molecule has 1 fully saturated rings. The first-order chi connectivity index (χ1) is 14.2. The number of benzene rings is 2. The Kier molecular flexibility index (Phi) is 5.54. The second-order valence-corrected chi connectivity index (χ2v) is 6.59. The Labute approximate surface area is 168 Å². The molecule has 4 rings (SSSR count). The molecule has 2 aromatic carbocycles. The summed E-state index contributed by atoms with van der Waals surface area (Å²) in [7, 11) is 0. The van der Waals surface area contributed by atoms with E-state index in [2.05, 4.69) is 11.1 Å². The Morgan fingerprint density at radius 1 is 1.17 bits per heavy atom. The standard InChI is InChI=1S/C22H20N4O3/c23-15-17-2-1-3-19(14-17)26-9-8-24-22(26)18-4-6-20(7-5-18)29-16-21(27)25-10-12-28-13-11-25/h1-9,14H,10-13,16H2. The van der Waals surface area contributed by atoms with Gasteiger partial charge >= 0.3 is 0 Å². The van der Waals surface area contributed by atoms with E-state index in [0.717, 1.165) is 17.1 Å². The number of ether oxygens (including phenoxy) is 2. The zero-order valence-corrected chi connectivity index (χ0v) is 15.8. The molecule has 1 aliphatic rings. The normalized spacial score (nSPS) is 13.7. The molecular formula is C22H20N4O3. The van der Waals surface area contributed by atoms with Gasteiger partial charge in [-0.1, -0.05) is 6.07 Å². The zero-order valence-electron chi connectivity index (χ0n) is 15.8. The van der Waals surface area contributed by atoms with E-state index in [1.54, 1.807) is 17.2 Å². The van der Waals surface area contributed by atoms with Crippen LogP contribution in [-0.2, 0) is 9.53 Å². The van der Waals surface area contributed by atoms with Crippen LogP contribution in [0, 0.1) is 11.3 Å². The second-order valence-electron chi connectivity index (χ2n) is 6.59. The highest BCUT2D eigenvalue weighted by Crippen LogP contribution is 2.24. The van der Waals surface area contributed by atoms with Gasteiger partial charge in [0.15, 0.2) is 6.61 Å². The molecular weight excluding hydrogens is 368 g/mol. The van der Waals surface area contributed by atoms with Crippen LogP contribution < -0.4 is 4.74 Å². The van der Waals surface area contributed by atoms with Gasteiger partial charge in [0.2, 0.25) is 0 Å².